The van der Waals surface area contributed by atoms with E-state index in [0.29, 0.717) is 25.0 Å². The molecule has 4 nitrogen and oxygen atoms in total. The lowest BCUT2D eigenvalue weighted by molar-refractivity contribution is -0.143. The van der Waals surface area contributed by atoms with Crippen LogP contribution >= 0.6 is 0 Å². The molecule has 114 valence electrons. The Balaban J connectivity index is 2.62. The summed E-state index contributed by atoms with van der Waals surface area (Å²) in [7, 11) is 0. The van der Waals surface area contributed by atoms with Gasteiger partial charge in [0.05, 0.1) is 0 Å². The Morgan fingerprint density at radius 3 is 2.30 bits per heavy atom. The van der Waals surface area contributed by atoms with E-state index in [-0.39, 0.29) is 41.4 Å². The van der Waals surface area contributed by atoms with Crippen molar-refractivity contribution in [3.8, 4) is 0 Å². The quantitative estimate of drug-likeness (QED) is 0.533. The van der Waals surface area contributed by atoms with Crippen LogP contribution in [0.3, 0.4) is 0 Å². The van der Waals surface area contributed by atoms with Crippen LogP contribution in [-0.2, 0) is 25.6 Å². The van der Waals surface area contributed by atoms with Crippen LogP contribution in [0.2, 0.25) is 0 Å². The van der Waals surface area contributed by atoms with E-state index in [0.717, 1.165) is 0 Å². The van der Waals surface area contributed by atoms with Crippen LogP contribution in [0.5, 0.6) is 0 Å². The first-order valence-electron chi connectivity index (χ1n) is 7.35. The molecular weight excluding hydrogens is 276 g/mol. The van der Waals surface area contributed by atoms with Crippen molar-refractivity contribution in [1.82, 2.24) is 0 Å². The van der Waals surface area contributed by atoms with Crippen LogP contribution in [0.25, 0.3) is 0 Å². The minimum absolute atomic E-state index is 0.00602. The van der Waals surface area contributed by atoms with Gasteiger partial charge in [-0.25, -0.2) is 0 Å². The highest BCUT2D eigenvalue weighted by atomic mass is 32.2. The topological polar surface area (TPSA) is 74.3 Å². The third-order valence-corrected chi connectivity index (χ3v) is 5.50. The predicted molar refractivity (Wildman–Crippen MR) is 78.9 cm³/mol. The van der Waals surface area contributed by atoms with Crippen LogP contribution in [0.4, 0.5) is 0 Å². The summed E-state index contributed by atoms with van der Waals surface area (Å²) in [5.74, 6) is -1.18. The van der Waals surface area contributed by atoms with Crippen molar-refractivity contribution in [3.63, 3.8) is 0 Å². The van der Waals surface area contributed by atoms with Gasteiger partial charge in [-0.05, 0) is 32.6 Å². The molecule has 5 heteroatoms. The minimum Gasteiger partial charge on any atom is -0.616 e. The van der Waals surface area contributed by atoms with Crippen molar-refractivity contribution in [1.29, 1.82) is 0 Å². The van der Waals surface area contributed by atoms with E-state index in [2.05, 4.69) is 0 Å². The Bertz CT molecular complexity index is 362. The molecule has 1 fully saturated rings. The molecule has 20 heavy (non-hydrogen) atoms. The Morgan fingerprint density at radius 2 is 1.85 bits per heavy atom. The summed E-state index contributed by atoms with van der Waals surface area (Å²) < 4.78 is 11.7. The van der Waals surface area contributed by atoms with E-state index in [9.17, 15) is 18.9 Å². The zero-order valence-electron chi connectivity index (χ0n) is 12.5. The van der Waals surface area contributed by atoms with Crippen LogP contribution < -0.4 is 0 Å². The van der Waals surface area contributed by atoms with Crippen LogP contribution in [0.1, 0.15) is 52.9 Å². The monoisotopic (exact) mass is 300 g/mol. The van der Waals surface area contributed by atoms with Crippen LogP contribution in [0.15, 0.2) is 0 Å². The fourth-order valence-electron chi connectivity index (χ4n) is 2.83. The van der Waals surface area contributed by atoms with E-state index in [4.69, 9.17) is 0 Å². The molecule has 2 unspecified atom stereocenters. The van der Waals surface area contributed by atoms with Gasteiger partial charge in [0.1, 0.15) is 16.9 Å². The zero-order chi connectivity index (χ0) is 15.3. The maximum absolute atomic E-state index is 12.0. The summed E-state index contributed by atoms with van der Waals surface area (Å²) in [4.78, 5) is 35.9. The first-order chi connectivity index (χ1) is 9.40. The summed E-state index contributed by atoms with van der Waals surface area (Å²) >= 11 is -0.906. The maximum atomic E-state index is 12.0. The second-order valence-electron chi connectivity index (χ2n) is 5.57. The maximum Gasteiger partial charge on any atom is 0.151 e. The van der Waals surface area contributed by atoms with Gasteiger partial charge in [-0.2, -0.15) is 0 Å². The van der Waals surface area contributed by atoms with E-state index in [1.54, 1.807) is 0 Å². The number of rotatable bonds is 7. The molecule has 0 radical (unpaired) electrons. The number of carbonyl (C=O) groups excluding carboxylic acids is 3. The molecule has 0 spiro atoms. The summed E-state index contributed by atoms with van der Waals surface area (Å²) in [6.07, 6.45) is 2.12. The molecule has 1 aliphatic rings. The van der Waals surface area contributed by atoms with Gasteiger partial charge in [0.2, 0.25) is 0 Å². The molecule has 0 aliphatic heterocycles. The Kier molecular flexibility index (Phi) is 6.89. The van der Waals surface area contributed by atoms with Gasteiger partial charge in [0.15, 0.2) is 17.3 Å². The fraction of sp³-hybridized carbons (Fsp3) is 0.800. The van der Waals surface area contributed by atoms with Crippen molar-refractivity contribution in [2.75, 3.05) is 5.75 Å². The summed E-state index contributed by atoms with van der Waals surface area (Å²) in [5.41, 5.74) is 0. The van der Waals surface area contributed by atoms with Gasteiger partial charge in [0, 0.05) is 19.3 Å². The first kappa shape index (κ1) is 17.4. The predicted octanol–water partition coefficient (Wildman–Crippen LogP) is 2.07. The smallest absolute Gasteiger partial charge is 0.151 e. The molecule has 0 saturated heterocycles. The van der Waals surface area contributed by atoms with Gasteiger partial charge in [0.25, 0.3) is 0 Å². The number of hydrogen-bond acceptors (Lipinski definition) is 4. The molecule has 0 bridgehead atoms. The SMILES string of the molecule is CCCC(=O)C1C(=O)CC(CC(C)[S+]([O-])CC)CC1=O. The van der Waals surface area contributed by atoms with Gasteiger partial charge >= 0.3 is 0 Å². The minimum atomic E-state index is -1.02. The molecule has 0 aromatic rings. The second-order valence-corrected chi connectivity index (χ2v) is 7.72. The third-order valence-electron chi connectivity index (χ3n) is 3.84. The highest BCUT2D eigenvalue weighted by Crippen LogP contribution is 2.29. The molecule has 1 aliphatic carbocycles. The second kappa shape index (κ2) is 7.93. The molecule has 0 aromatic heterocycles. The number of Topliss-reactive ketones (excluding diaryl/α,β-unsaturated/α-hetero) is 3. The van der Waals surface area contributed by atoms with E-state index >= 15 is 0 Å². The third kappa shape index (κ3) is 4.42. The highest BCUT2D eigenvalue weighted by molar-refractivity contribution is 7.91. The number of hydrogen-bond donors (Lipinski definition) is 0. The van der Waals surface area contributed by atoms with Gasteiger partial charge in [-0.3, -0.25) is 14.4 Å². The average Bonchev–Trinajstić information content (AvgIpc) is 2.37. The molecule has 1 saturated carbocycles. The summed E-state index contributed by atoms with van der Waals surface area (Å²) in [5, 5.41) is -0.00602. The normalized spacial score (nSPS) is 26.4. The average molecular weight is 300 g/mol. The molecule has 2 atom stereocenters. The Morgan fingerprint density at radius 1 is 1.30 bits per heavy atom. The van der Waals surface area contributed by atoms with Gasteiger partial charge < -0.3 is 4.55 Å². The van der Waals surface area contributed by atoms with Crippen molar-refractivity contribution in [2.24, 2.45) is 11.8 Å². The lowest BCUT2D eigenvalue weighted by Crippen LogP contribution is -2.39. The summed E-state index contributed by atoms with van der Waals surface area (Å²) in [6.45, 7) is 5.62. The lowest BCUT2D eigenvalue weighted by atomic mass is 9.76. The molecule has 0 N–H and O–H groups in total. The number of ketones is 3. The first-order valence-corrected chi connectivity index (χ1v) is 8.74. The largest absolute Gasteiger partial charge is 0.616 e. The van der Waals surface area contributed by atoms with Gasteiger partial charge in [-0.1, -0.05) is 18.1 Å². The Labute approximate surface area is 123 Å². The molecular formula is C15H24O4S. The van der Waals surface area contributed by atoms with Crippen molar-refractivity contribution in [2.45, 2.75) is 58.1 Å². The van der Waals surface area contributed by atoms with E-state index in [1.165, 1.54) is 0 Å². The standard InChI is InChI=1S/C15H24O4S/c1-4-6-12(16)15-13(17)8-11(9-14(15)18)7-10(3)20(19)5-2/h10-11,15H,4-9H2,1-3H3. The van der Waals surface area contributed by atoms with Crippen molar-refractivity contribution >= 4 is 28.5 Å². The molecule has 1 rings (SSSR count). The van der Waals surface area contributed by atoms with Crippen molar-refractivity contribution < 1.29 is 18.9 Å². The lowest BCUT2D eigenvalue weighted by Gasteiger charge is -2.28. The summed E-state index contributed by atoms with van der Waals surface area (Å²) in [6, 6.07) is 0. The van der Waals surface area contributed by atoms with Crippen LogP contribution in [-0.4, -0.2) is 32.9 Å². The van der Waals surface area contributed by atoms with Gasteiger partial charge in [-0.15, -0.1) is 0 Å². The van der Waals surface area contributed by atoms with E-state index in [1.807, 2.05) is 20.8 Å². The fourth-order valence-corrected chi connectivity index (χ4v) is 3.89. The van der Waals surface area contributed by atoms with Crippen LogP contribution in [0, 0.1) is 11.8 Å². The molecule has 0 amide bonds. The zero-order valence-corrected chi connectivity index (χ0v) is 13.3. The number of carbonyl (C=O) groups is 3. The molecule has 0 heterocycles. The molecule has 0 aromatic carbocycles. The Hall–Kier alpha value is -0.680. The highest BCUT2D eigenvalue weighted by Gasteiger charge is 2.40. The van der Waals surface area contributed by atoms with Crippen molar-refractivity contribution in [3.05, 3.63) is 0 Å². The van der Waals surface area contributed by atoms with E-state index < -0.39 is 17.1 Å².